The Kier molecular flexibility index (Phi) is 7.57. The predicted octanol–water partition coefficient (Wildman–Crippen LogP) is -1.27. The smallest absolute Gasteiger partial charge is 0.305 e. The Bertz CT molecular complexity index is 209. The first-order valence-corrected chi connectivity index (χ1v) is 4.99. The van der Waals surface area contributed by atoms with Gasteiger partial charge in [-0.15, -0.1) is 0 Å². The zero-order valence-electron chi connectivity index (χ0n) is 8.99. The van der Waals surface area contributed by atoms with Crippen LogP contribution in [0.1, 0.15) is 19.8 Å². The molecule has 1 amide bonds. The van der Waals surface area contributed by atoms with Crippen LogP contribution in [0.3, 0.4) is 0 Å². The van der Waals surface area contributed by atoms with Crippen LogP contribution in [0.5, 0.6) is 0 Å². The maximum absolute atomic E-state index is 10.9. The van der Waals surface area contributed by atoms with Crippen molar-refractivity contribution in [2.75, 3.05) is 19.7 Å². The standard InChI is InChI=1S/C9H19N3O3/c1-2-15-8(13)4-3-5-12-6-7(10)9(11)14/h7,12H,2-6,10H2,1H3,(H2,11,14). The zero-order valence-corrected chi connectivity index (χ0v) is 8.99. The Balaban J connectivity index is 3.32. The molecule has 0 aromatic heterocycles. The topological polar surface area (TPSA) is 107 Å². The number of ether oxygens (including phenoxy) is 1. The van der Waals surface area contributed by atoms with Crippen molar-refractivity contribution in [2.24, 2.45) is 11.5 Å². The number of nitrogens with one attached hydrogen (secondary N) is 1. The zero-order chi connectivity index (χ0) is 11.7. The van der Waals surface area contributed by atoms with Gasteiger partial charge in [0.25, 0.3) is 0 Å². The summed E-state index contributed by atoms with van der Waals surface area (Å²) in [4.78, 5) is 21.4. The monoisotopic (exact) mass is 217 g/mol. The number of carbonyl (C=O) groups excluding carboxylic acids is 2. The lowest BCUT2D eigenvalue weighted by Gasteiger charge is -2.08. The summed E-state index contributed by atoms with van der Waals surface area (Å²) in [6.07, 6.45) is 1.02. The summed E-state index contributed by atoms with van der Waals surface area (Å²) < 4.78 is 4.74. The molecule has 0 heterocycles. The van der Waals surface area contributed by atoms with E-state index in [4.69, 9.17) is 16.2 Å². The Morgan fingerprint density at radius 3 is 2.67 bits per heavy atom. The van der Waals surface area contributed by atoms with E-state index in [-0.39, 0.29) is 5.97 Å². The van der Waals surface area contributed by atoms with E-state index in [9.17, 15) is 9.59 Å². The number of esters is 1. The highest BCUT2D eigenvalue weighted by Gasteiger charge is 2.07. The van der Waals surface area contributed by atoms with Gasteiger partial charge < -0.3 is 21.5 Å². The van der Waals surface area contributed by atoms with Crippen LogP contribution in [0.2, 0.25) is 0 Å². The molecular formula is C9H19N3O3. The highest BCUT2D eigenvalue weighted by atomic mass is 16.5. The van der Waals surface area contributed by atoms with Gasteiger partial charge in [-0.05, 0) is 19.9 Å². The number of rotatable bonds is 8. The Morgan fingerprint density at radius 2 is 2.13 bits per heavy atom. The third-order valence-electron chi connectivity index (χ3n) is 1.77. The van der Waals surface area contributed by atoms with Gasteiger partial charge in [0.2, 0.25) is 5.91 Å². The lowest BCUT2D eigenvalue weighted by atomic mass is 10.2. The quantitative estimate of drug-likeness (QED) is 0.347. The van der Waals surface area contributed by atoms with Gasteiger partial charge in [0, 0.05) is 13.0 Å². The summed E-state index contributed by atoms with van der Waals surface area (Å²) in [6.45, 7) is 3.11. The molecule has 0 aliphatic heterocycles. The summed E-state index contributed by atoms with van der Waals surface area (Å²) in [5.74, 6) is -0.744. The van der Waals surface area contributed by atoms with Crippen molar-refractivity contribution < 1.29 is 14.3 Å². The van der Waals surface area contributed by atoms with E-state index in [2.05, 4.69) is 5.32 Å². The van der Waals surface area contributed by atoms with E-state index in [1.54, 1.807) is 6.92 Å². The van der Waals surface area contributed by atoms with Crippen molar-refractivity contribution >= 4 is 11.9 Å². The summed E-state index contributed by atoms with van der Waals surface area (Å²) in [7, 11) is 0. The largest absolute Gasteiger partial charge is 0.466 e. The summed E-state index contributed by atoms with van der Waals surface area (Å²) >= 11 is 0. The number of carbonyl (C=O) groups is 2. The average Bonchev–Trinajstić information content (AvgIpc) is 2.17. The second-order valence-electron chi connectivity index (χ2n) is 3.12. The number of amides is 1. The summed E-state index contributed by atoms with van der Waals surface area (Å²) in [5, 5.41) is 2.93. The van der Waals surface area contributed by atoms with Gasteiger partial charge in [0.15, 0.2) is 0 Å². The molecule has 6 nitrogen and oxygen atoms in total. The average molecular weight is 217 g/mol. The lowest BCUT2D eigenvalue weighted by molar-refractivity contribution is -0.143. The number of hydrogen-bond acceptors (Lipinski definition) is 5. The molecule has 0 bridgehead atoms. The molecular weight excluding hydrogens is 198 g/mol. The molecule has 0 aromatic rings. The van der Waals surface area contributed by atoms with Gasteiger partial charge in [-0.2, -0.15) is 0 Å². The van der Waals surface area contributed by atoms with Gasteiger partial charge in [0.1, 0.15) is 0 Å². The first kappa shape index (κ1) is 13.9. The number of primary amides is 1. The molecule has 0 fully saturated rings. The van der Waals surface area contributed by atoms with E-state index >= 15 is 0 Å². The van der Waals surface area contributed by atoms with Crippen molar-refractivity contribution in [3.63, 3.8) is 0 Å². The third kappa shape index (κ3) is 7.90. The maximum atomic E-state index is 10.9. The normalized spacial score (nSPS) is 12.1. The first-order valence-electron chi connectivity index (χ1n) is 4.99. The molecule has 6 heteroatoms. The molecule has 0 spiro atoms. The van der Waals surface area contributed by atoms with Gasteiger partial charge in [-0.25, -0.2) is 0 Å². The Hall–Kier alpha value is -1.14. The van der Waals surface area contributed by atoms with Crippen LogP contribution in [0, 0.1) is 0 Å². The second-order valence-corrected chi connectivity index (χ2v) is 3.12. The van der Waals surface area contributed by atoms with Crippen molar-refractivity contribution in [2.45, 2.75) is 25.8 Å². The highest BCUT2D eigenvalue weighted by molar-refractivity contribution is 5.79. The fourth-order valence-electron chi connectivity index (χ4n) is 0.949. The van der Waals surface area contributed by atoms with Crippen molar-refractivity contribution in [3.05, 3.63) is 0 Å². The maximum Gasteiger partial charge on any atom is 0.305 e. The third-order valence-corrected chi connectivity index (χ3v) is 1.77. The van der Waals surface area contributed by atoms with Crippen molar-refractivity contribution in [3.8, 4) is 0 Å². The lowest BCUT2D eigenvalue weighted by Crippen LogP contribution is -2.44. The van der Waals surface area contributed by atoms with E-state index in [1.165, 1.54) is 0 Å². The molecule has 0 aromatic carbocycles. The molecule has 5 N–H and O–H groups in total. The van der Waals surface area contributed by atoms with Crippen LogP contribution < -0.4 is 16.8 Å². The molecule has 0 rings (SSSR count). The minimum absolute atomic E-state index is 0.210. The molecule has 1 atom stereocenters. The van der Waals surface area contributed by atoms with Crippen LogP contribution in [-0.4, -0.2) is 37.6 Å². The predicted molar refractivity (Wildman–Crippen MR) is 55.9 cm³/mol. The fourth-order valence-corrected chi connectivity index (χ4v) is 0.949. The SMILES string of the molecule is CCOC(=O)CCCNCC(N)C(N)=O. The van der Waals surface area contributed by atoms with Crippen molar-refractivity contribution in [1.82, 2.24) is 5.32 Å². The van der Waals surface area contributed by atoms with Gasteiger partial charge in [0.05, 0.1) is 12.6 Å². The Morgan fingerprint density at radius 1 is 1.47 bits per heavy atom. The van der Waals surface area contributed by atoms with E-state index in [1.807, 2.05) is 0 Å². The first-order chi connectivity index (χ1) is 7.07. The number of hydrogen-bond donors (Lipinski definition) is 3. The van der Waals surface area contributed by atoms with E-state index < -0.39 is 11.9 Å². The molecule has 0 saturated carbocycles. The van der Waals surface area contributed by atoms with Crippen LogP contribution in [-0.2, 0) is 14.3 Å². The number of nitrogens with two attached hydrogens (primary N) is 2. The van der Waals surface area contributed by atoms with Crippen LogP contribution >= 0.6 is 0 Å². The van der Waals surface area contributed by atoms with E-state index in [0.717, 1.165) is 0 Å². The van der Waals surface area contributed by atoms with Crippen molar-refractivity contribution in [1.29, 1.82) is 0 Å². The molecule has 88 valence electrons. The molecule has 0 radical (unpaired) electrons. The minimum atomic E-state index is -0.674. The molecule has 0 aliphatic rings. The Labute approximate surface area is 89.3 Å². The van der Waals surface area contributed by atoms with Crippen LogP contribution in [0.25, 0.3) is 0 Å². The molecule has 1 unspecified atom stereocenters. The summed E-state index contributed by atoms with van der Waals surface area (Å²) in [6, 6.07) is -0.674. The second kappa shape index (κ2) is 8.19. The van der Waals surface area contributed by atoms with Gasteiger partial charge in [-0.1, -0.05) is 0 Å². The molecule has 0 saturated heterocycles. The minimum Gasteiger partial charge on any atom is -0.466 e. The van der Waals surface area contributed by atoms with Crippen LogP contribution in [0.15, 0.2) is 0 Å². The van der Waals surface area contributed by atoms with Gasteiger partial charge in [-0.3, -0.25) is 9.59 Å². The summed E-state index contributed by atoms with van der Waals surface area (Å²) in [5.41, 5.74) is 10.3. The molecule has 0 aliphatic carbocycles. The van der Waals surface area contributed by atoms with Gasteiger partial charge >= 0.3 is 5.97 Å². The van der Waals surface area contributed by atoms with Crippen LogP contribution in [0.4, 0.5) is 0 Å². The fraction of sp³-hybridized carbons (Fsp3) is 0.778. The molecule has 15 heavy (non-hydrogen) atoms. The highest BCUT2D eigenvalue weighted by Crippen LogP contribution is 1.91. The van der Waals surface area contributed by atoms with E-state index in [0.29, 0.717) is 32.5 Å².